The van der Waals surface area contributed by atoms with Crippen molar-refractivity contribution >= 4 is 33.2 Å². The molecule has 0 bridgehead atoms. The summed E-state index contributed by atoms with van der Waals surface area (Å²) in [5.41, 5.74) is -0.163. The summed E-state index contributed by atoms with van der Waals surface area (Å²) in [6.07, 6.45) is 0. The Morgan fingerprint density at radius 1 is 1.47 bits per heavy atom. The summed E-state index contributed by atoms with van der Waals surface area (Å²) in [4.78, 5) is 21.8. The van der Waals surface area contributed by atoms with Gasteiger partial charge in [-0.2, -0.15) is 0 Å². The monoisotopic (exact) mass is 330 g/mol. The molecule has 0 atom stereocenters. The molecule has 0 heterocycles. The van der Waals surface area contributed by atoms with Crippen molar-refractivity contribution in [1.82, 2.24) is 0 Å². The Labute approximate surface area is 119 Å². The van der Waals surface area contributed by atoms with Crippen molar-refractivity contribution in [2.45, 2.75) is 26.4 Å². The van der Waals surface area contributed by atoms with E-state index in [1.54, 1.807) is 0 Å². The number of hydrogen-bond donors (Lipinski definition) is 1. The lowest BCUT2D eigenvalue weighted by Crippen LogP contribution is -2.27. The average molecular weight is 331 g/mol. The molecular formula is C12H15BrN2O4. The smallest absolute Gasteiger partial charge is 0.271 e. The normalized spacial score (nSPS) is 11.2. The number of carbonyl (C=O) groups excluding carboxylic acids is 1. The molecule has 0 saturated carbocycles. The zero-order valence-corrected chi connectivity index (χ0v) is 12.5. The van der Waals surface area contributed by atoms with Gasteiger partial charge in [0.1, 0.15) is 6.61 Å². The molecule has 0 saturated heterocycles. The standard InChI is InChI=1S/C12H15BrN2O4/c1-12(2,3)19-7-11(16)14-10-6-8(15(17)18)4-5-9(10)13/h4-6H,7H2,1-3H3,(H,14,16). The van der Waals surface area contributed by atoms with Crippen LogP contribution in [0.5, 0.6) is 0 Å². The van der Waals surface area contributed by atoms with Crippen LogP contribution in [0.25, 0.3) is 0 Å². The van der Waals surface area contributed by atoms with Crippen molar-refractivity contribution in [3.05, 3.63) is 32.8 Å². The predicted molar refractivity (Wildman–Crippen MR) is 75.1 cm³/mol. The minimum atomic E-state index is -0.520. The molecule has 0 fully saturated rings. The van der Waals surface area contributed by atoms with Crippen molar-refractivity contribution < 1.29 is 14.5 Å². The third-order valence-corrected chi connectivity index (χ3v) is 2.76. The van der Waals surface area contributed by atoms with Crippen molar-refractivity contribution in [1.29, 1.82) is 0 Å². The molecule has 0 unspecified atom stereocenters. The number of nitro benzene ring substituents is 1. The number of nitrogens with one attached hydrogen (secondary N) is 1. The Hall–Kier alpha value is -1.47. The van der Waals surface area contributed by atoms with Crippen molar-refractivity contribution in [3.63, 3.8) is 0 Å². The van der Waals surface area contributed by atoms with E-state index < -0.39 is 10.5 Å². The zero-order valence-electron chi connectivity index (χ0n) is 10.9. The van der Waals surface area contributed by atoms with Crippen LogP contribution in [0.4, 0.5) is 11.4 Å². The number of carbonyl (C=O) groups is 1. The van der Waals surface area contributed by atoms with E-state index in [4.69, 9.17) is 4.74 Å². The lowest BCUT2D eigenvalue weighted by molar-refractivity contribution is -0.384. The van der Waals surface area contributed by atoms with Crippen LogP contribution in [0.2, 0.25) is 0 Å². The molecule has 0 aliphatic carbocycles. The second kappa shape index (κ2) is 6.12. The van der Waals surface area contributed by atoms with Crippen molar-refractivity contribution in [3.8, 4) is 0 Å². The fourth-order valence-corrected chi connectivity index (χ4v) is 1.54. The molecule has 19 heavy (non-hydrogen) atoms. The fourth-order valence-electron chi connectivity index (χ4n) is 1.19. The van der Waals surface area contributed by atoms with Gasteiger partial charge in [0.25, 0.3) is 5.69 Å². The summed E-state index contributed by atoms with van der Waals surface area (Å²) in [6.45, 7) is 5.40. The molecule has 7 heteroatoms. The molecule has 1 rings (SSSR count). The number of benzene rings is 1. The van der Waals surface area contributed by atoms with Crippen molar-refractivity contribution in [2.24, 2.45) is 0 Å². The van der Waals surface area contributed by atoms with E-state index >= 15 is 0 Å². The van der Waals surface area contributed by atoms with Gasteiger partial charge in [-0.15, -0.1) is 0 Å². The number of hydrogen-bond acceptors (Lipinski definition) is 4. The van der Waals surface area contributed by atoms with Gasteiger partial charge in [0.2, 0.25) is 5.91 Å². The van der Waals surface area contributed by atoms with Gasteiger partial charge in [-0.05, 0) is 42.8 Å². The second-order valence-corrected chi connectivity index (χ2v) is 5.72. The van der Waals surface area contributed by atoms with E-state index in [0.717, 1.165) is 0 Å². The zero-order chi connectivity index (χ0) is 14.6. The minimum absolute atomic E-state index is 0.0877. The van der Waals surface area contributed by atoms with E-state index in [1.807, 2.05) is 20.8 Å². The van der Waals surface area contributed by atoms with Crippen LogP contribution in [0.1, 0.15) is 20.8 Å². The van der Waals surface area contributed by atoms with Gasteiger partial charge in [-0.1, -0.05) is 0 Å². The topological polar surface area (TPSA) is 81.5 Å². The third kappa shape index (κ3) is 5.35. The number of non-ortho nitro benzene ring substituents is 1. The molecule has 1 amide bonds. The molecule has 0 aliphatic rings. The van der Waals surface area contributed by atoms with Crippen LogP contribution in [-0.4, -0.2) is 23.0 Å². The minimum Gasteiger partial charge on any atom is -0.366 e. The van der Waals surface area contributed by atoms with E-state index in [0.29, 0.717) is 10.2 Å². The number of nitro groups is 1. The first-order valence-corrected chi connectivity index (χ1v) is 6.36. The Morgan fingerprint density at radius 2 is 2.11 bits per heavy atom. The molecule has 0 radical (unpaired) electrons. The largest absolute Gasteiger partial charge is 0.366 e. The third-order valence-electron chi connectivity index (χ3n) is 2.07. The maximum Gasteiger partial charge on any atom is 0.271 e. The highest BCUT2D eigenvalue weighted by molar-refractivity contribution is 9.10. The van der Waals surface area contributed by atoms with Crippen LogP contribution >= 0.6 is 15.9 Å². The molecule has 104 valence electrons. The summed E-state index contributed by atoms with van der Waals surface area (Å²) in [7, 11) is 0. The molecule has 1 aromatic carbocycles. The number of nitrogens with zero attached hydrogens (tertiary/aromatic N) is 1. The summed E-state index contributed by atoms with van der Waals surface area (Å²) in [6, 6.07) is 4.16. The fraction of sp³-hybridized carbons (Fsp3) is 0.417. The molecule has 0 spiro atoms. The Kier molecular flexibility index (Phi) is 5.02. The van der Waals surface area contributed by atoms with Crippen LogP contribution in [-0.2, 0) is 9.53 Å². The van der Waals surface area contributed by atoms with Gasteiger partial charge in [0, 0.05) is 16.6 Å². The van der Waals surface area contributed by atoms with Crippen molar-refractivity contribution in [2.75, 3.05) is 11.9 Å². The number of rotatable bonds is 4. The quantitative estimate of drug-likeness (QED) is 0.679. The van der Waals surface area contributed by atoms with Gasteiger partial charge in [0.15, 0.2) is 0 Å². The number of anilines is 1. The van der Waals surface area contributed by atoms with Gasteiger partial charge in [-0.25, -0.2) is 0 Å². The number of halogens is 1. The first-order chi connectivity index (χ1) is 8.69. The van der Waals surface area contributed by atoms with E-state index in [-0.39, 0.29) is 18.2 Å². The van der Waals surface area contributed by atoms with E-state index in [2.05, 4.69) is 21.2 Å². The molecule has 1 N–H and O–H groups in total. The first kappa shape index (κ1) is 15.6. The maximum atomic E-state index is 11.7. The average Bonchev–Trinajstić information content (AvgIpc) is 2.28. The van der Waals surface area contributed by atoms with Gasteiger partial charge in [-0.3, -0.25) is 14.9 Å². The van der Waals surface area contributed by atoms with Gasteiger partial charge in [0.05, 0.1) is 16.2 Å². The highest BCUT2D eigenvalue weighted by Crippen LogP contribution is 2.27. The lowest BCUT2D eigenvalue weighted by Gasteiger charge is -2.19. The summed E-state index contributed by atoms with van der Waals surface area (Å²) < 4.78 is 5.89. The van der Waals surface area contributed by atoms with Crippen LogP contribution < -0.4 is 5.32 Å². The van der Waals surface area contributed by atoms with Crippen LogP contribution in [0, 0.1) is 10.1 Å². The highest BCUT2D eigenvalue weighted by Gasteiger charge is 2.15. The highest BCUT2D eigenvalue weighted by atomic mass is 79.9. The Bertz CT molecular complexity index is 497. The van der Waals surface area contributed by atoms with Gasteiger partial charge >= 0.3 is 0 Å². The van der Waals surface area contributed by atoms with Crippen LogP contribution in [0.3, 0.4) is 0 Å². The van der Waals surface area contributed by atoms with Gasteiger partial charge < -0.3 is 10.1 Å². The number of amides is 1. The maximum absolute atomic E-state index is 11.7. The number of ether oxygens (including phenoxy) is 1. The lowest BCUT2D eigenvalue weighted by atomic mass is 10.2. The van der Waals surface area contributed by atoms with E-state index in [9.17, 15) is 14.9 Å². The summed E-state index contributed by atoms with van der Waals surface area (Å²) in [5, 5.41) is 13.2. The van der Waals surface area contributed by atoms with E-state index in [1.165, 1.54) is 18.2 Å². The molecular weight excluding hydrogens is 316 g/mol. The summed E-state index contributed by atoms with van der Waals surface area (Å²) in [5.74, 6) is -0.365. The molecule has 0 aliphatic heterocycles. The second-order valence-electron chi connectivity index (χ2n) is 4.87. The molecule has 0 aromatic heterocycles. The molecule has 1 aromatic rings. The SMILES string of the molecule is CC(C)(C)OCC(=O)Nc1cc([N+](=O)[O-])ccc1Br. The Morgan fingerprint density at radius 3 is 2.63 bits per heavy atom. The first-order valence-electron chi connectivity index (χ1n) is 5.57. The van der Waals surface area contributed by atoms with Crippen LogP contribution in [0.15, 0.2) is 22.7 Å². The predicted octanol–water partition coefficient (Wildman–Crippen LogP) is 3.11. The summed E-state index contributed by atoms with van der Waals surface area (Å²) >= 11 is 3.22. The molecule has 6 nitrogen and oxygen atoms in total. The Balaban J connectivity index is 2.73.